The topological polar surface area (TPSA) is 38.1 Å². The van der Waals surface area contributed by atoms with E-state index in [2.05, 4.69) is 27.1 Å². The molecule has 0 spiro atoms. The number of hydrogen-bond donors (Lipinski definition) is 0. The Hall–Kier alpha value is -3.59. The van der Waals surface area contributed by atoms with Crippen molar-refractivity contribution >= 4 is 29.0 Å². The van der Waals surface area contributed by atoms with Crippen molar-refractivity contribution < 1.29 is 0 Å². The van der Waals surface area contributed by atoms with E-state index in [0.29, 0.717) is 0 Å². The highest BCUT2D eigenvalue weighted by molar-refractivity contribution is 5.81. The third-order valence-electron chi connectivity index (χ3n) is 4.02. The fraction of sp³-hybridized carbons (Fsp3) is 0. The number of nitrogens with zero attached hydrogens (tertiary/aromatic N) is 3. The van der Waals surface area contributed by atoms with Gasteiger partial charge in [0.1, 0.15) is 0 Å². The molecule has 0 saturated carbocycles. The molecule has 0 saturated heterocycles. The molecule has 0 aliphatic heterocycles. The van der Waals surface area contributed by atoms with Gasteiger partial charge >= 0.3 is 0 Å². The molecule has 26 heavy (non-hydrogen) atoms. The highest BCUT2D eigenvalue weighted by atomic mass is 14.8. The molecule has 0 radical (unpaired) electrons. The Labute approximate surface area is 152 Å². The molecule has 0 bridgehead atoms. The second-order valence-electron chi connectivity index (χ2n) is 5.84. The molecule has 3 heteroatoms. The van der Waals surface area contributed by atoms with Gasteiger partial charge < -0.3 is 0 Å². The smallest absolute Gasteiger partial charge is 0.159 e. The van der Waals surface area contributed by atoms with Gasteiger partial charge in [0.25, 0.3) is 0 Å². The predicted octanol–water partition coefficient (Wildman–Crippen LogP) is 5.71. The van der Waals surface area contributed by atoms with Crippen molar-refractivity contribution in [1.82, 2.24) is 9.97 Å². The summed E-state index contributed by atoms with van der Waals surface area (Å²) in [6, 6.07) is 26.2. The van der Waals surface area contributed by atoms with Crippen molar-refractivity contribution in [2.75, 3.05) is 0 Å². The van der Waals surface area contributed by atoms with Crippen LogP contribution in [0.5, 0.6) is 0 Å². The van der Waals surface area contributed by atoms with Crippen LogP contribution in [0.15, 0.2) is 96.1 Å². The van der Waals surface area contributed by atoms with E-state index in [4.69, 9.17) is 0 Å². The molecule has 0 N–H and O–H groups in total. The maximum absolute atomic E-state index is 4.62. The van der Waals surface area contributed by atoms with E-state index in [1.54, 1.807) is 12.4 Å². The van der Waals surface area contributed by atoms with Crippen molar-refractivity contribution in [3.8, 4) is 11.3 Å². The second kappa shape index (κ2) is 7.53. The fourth-order valence-corrected chi connectivity index (χ4v) is 2.68. The standard InChI is InChI=1S/C23H17N3/c1-2-6-18(7-3-1)8-4-16-24-21-13-10-19(11-14-21)22-15-12-20-9-5-17-25-23(20)26-22/h1-17H/b8-4+,24-16?. The average molecular weight is 335 g/mol. The molecule has 2 heterocycles. The SMILES string of the molecule is C(/C=C/c1ccccc1)=Nc1ccc(-c2ccc3cccnc3n2)cc1. The summed E-state index contributed by atoms with van der Waals surface area (Å²) < 4.78 is 0. The highest BCUT2D eigenvalue weighted by Gasteiger charge is 2.02. The van der Waals surface area contributed by atoms with Gasteiger partial charge in [-0.15, -0.1) is 0 Å². The van der Waals surface area contributed by atoms with Crippen molar-refractivity contribution in [3.63, 3.8) is 0 Å². The van der Waals surface area contributed by atoms with E-state index >= 15 is 0 Å². The molecule has 0 aliphatic rings. The van der Waals surface area contributed by atoms with Crippen molar-refractivity contribution in [2.45, 2.75) is 0 Å². The minimum atomic E-state index is 0.762. The zero-order valence-corrected chi connectivity index (χ0v) is 14.2. The third-order valence-corrected chi connectivity index (χ3v) is 4.02. The van der Waals surface area contributed by atoms with Gasteiger partial charge in [0.05, 0.1) is 11.4 Å². The van der Waals surface area contributed by atoms with Gasteiger partial charge in [-0.1, -0.05) is 48.5 Å². The first-order chi connectivity index (χ1) is 12.9. The summed E-state index contributed by atoms with van der Waals surface area (Å²) in [5.41, 5.74) is 4.79. The summed E-state index contributed by atoms with van der Waals surface area (Å²) in [7, 11) is 0. The molecule has 0 fully saturated rings. The van der Waals surface area contributed by atoms with E-state index in [1.807, 2.05) is 78.9 Å². The van der Waals surface area contributed by atoms with Gasteiger partial charge in [0, 0.05) is 23.4 Å². The summed E-state index contributed by atoms with van der Waals surface area (Å²) in [6.45, 7) is 0. The minimum Gasteiger partial charge on any atom is -0.257 e. The average Bonchev–Trinajstić information content (AvgIpc) is 2.72. The van der Waals surface area contributed by atoms with Gasteiger partial charge in [0.15, 0.2) is 5.65 Å². The van der Waals surface area contributed by atoms with Crippen LogP contribution in [0.25, 0.3) is 28.4 Å². The molecule has 124 valence electrons. The van der Waals surface area contributed by atoms with E-state index < -0.39 is 0 Å². The minimum absolute atomic E-state index is 0.762. The van der Waals surface area contributed by atoms with E-state index in [-0.39, 0.29) is 0 Å². The predicted molar refractivity (Wildman–Crippen MR) is 109 cm³/mol. The lowest BCUT2D eigenvalue weighted by atomic mass is 10.1. The summed E-state index contributed by atoms with van der Waals surface area (Å²) >= 11 is 0. The Kier molecular flexibility index (Phi) is 4.61. The van der Waals surface area contributed by atoms with Crippen LogP contribution in [0.1, 0.15) is 5.56 Å². The van der Waals surface area contributed by atoms with Gasteiger partial charge in [-0.3, -0.25) is 4.99 Å². The Morgan fingerprint density at radius 1 is 0.769 bits per heavy atom. The van der Waals surface area contributed by atoms with Crippen molar-refractivity contribution in [2.24, 2.45) is 4.99 Å². The van der Waals surface area contributed by atoms with E-state index in [0.717, 1.165) is 33.5 Å². The fourth-order valence-electron chi connectivity index (χ4n) is 2.68. The lowest BCUT2D eigenvalue weighted by Gasteiger charge is -2.03. The quantitative estimate of drug-likeness (QED) is 0.448. The molecular formula is C23H17N3. The van der Waals surface area contributed by atoms with Crippen LogP contribution in [0, 0.1) is 0 Å². The normalized spacial score (nSPS) is 11.5. The first-order valence-corrected chi connectivity index (χ1v) is 8.46. The number of aromatic nitrogens is 2. The van der Waals surface area contributed by atoms with Crippen LogP contribution in [-0.4, -0.2) is 16.2 Å². The summed E-state index contributed by atoms with van der Waals surface area (Å²) in [6.07, 6.45) is 7.55. The maximum Gasteiger partial charge on any atom is 0.159 e. The first kappa shape index (κ1) is 15.9. The number of hydrogen-bond acceptors (Lipinski definition) is 3. The largest absolute Gasteiger partial charge is 0.257 e. The van der Waals surface area contributed by atoms with Gasteiger partial charge in [-0.25, -0.2) is 9.97 Å². The molecule has 0 unspecified atom stereocenters. The van der Waals surface area contributed by atoms with Crippen LogP contribution in [-0.2, 0) is 0 Å². The number of aliphatic imine (C=N–C) groups is 1. The molecule has 4 rings (SSSR count). The number of pyridine rings is 2. The van der Waals surface area contributed by atoms with Crippen LogP contribution in [0.3, 0.4) is 0 Å². The number of benzene rings is 2. The van der Waals surface area contributed by atoms with Gasteiger partial charge in [-0.05, 0) is 48.0 Å². The van der Waals surface area contributed by atoms with E-state index in [9.17, 15) is 0 Å². The number of fused-ring (bicyclic) bond motifs is 1. The summed E-state index contributed by atoms with van der Waals surface area (Å²) in [4.78, 5) is 13.4. The Balaban J connectivity index is 1.49. The van der Waals surface area contributed by atoms with Crippen LogP contribution in [0.2, 0.25) is 0 Å². The molecule has 2 aromatic carbocycles. The van der Waals surface area contributed by atoms with Crippen LogP contribution >= 0.6 is 0 Å². The van der Waals surface area contributed by atoms with Gasteiger partial charge in [-0.2, -0.15) is 0 Å². The lowest BCUT2D eigenvalue weighted by Crippen LogP contribution is -1.87. The second-order valence-corrected chi connectivity index (χ2v) is 5.84. The summed E-state index contributed by atoms with van der Waals surface area (Å²) in [5, 5.41) is 1.04. The van der Waals surface area contributed by atoms with Crippen LogP contribution in [0.4, 0.5) is 5.69 Å². The van der Waals surface area contributed by atoms with Crippen LogP contribution < -0.4 is 0 Å². The molecule has 0 aliphatic carbocycles. The van der Waals surface area contributed by atoms with Crippen molar-refractivity contribution in [1.29, 1.82) is 0 Å². The molecule has 4 aromatic rings. The molecular weight excluding hydrogens is 318 g/mol. The number of allylic oxidation sites excluding steroid dienone is 1. The third kappa shape index (κ3) is 3.73. The Morgan fingerprint density at radius 3 is 2.46 bits per heavy atom. The molecule has 0 amide bonds. The first-order valence-electron chi connectivity index (χ1n) is 8.46. The van der Waals surface area contributed by atoms with Crippen molar-refractivity contribution in [3.05, 3.63) is 96.7 Å². The zero-order valence-electron chi connectivity index (χ0n) is 14.2. The molecule has 0 atom stereocenters. The summed E-state index contributed by atoms with van der Waals surface area (Å²) in [5.74, 6) is 0. The Morgan fingerprint density at radius 2 is 1.62 bits per heavy atom. The lowest BCUT2D eigenvalue weighted by molar-refractivity contribution is 1.29. The maximum atomic E-state index is 4.62. The zero-order chi connectivity index (χ0) is 17.6. The van der Waals surface area contributed by atoms with Gasteiger partial charge in [0.2, 0.25) is 0 Å². The number of rotatable bonds is 4. The Bertz CT molecular complexity index is 1070. The molecule has 3 nitrogen and oxygen atoms in total. The van der Waals surface area contributed by atoms with E-state index in [1.165, 1.54) is 0 Å². The molecule has 2 aromatic heterocycles. The monoisotopic (exact) mass is 335 g/mol. The highest BCUT2D eigenvalue weighted by Crippen LogP contribution is 2.22.